The third-order valence-corrected chi connectivity index (χ3v) is 8.26. The van der Waals surface area contributed by atoms with Gasteiger partial charge < -0.3 is 14.4 Å². The average molecular weight is 608 g/mol. The van der Waals surface area contributed by atoms with Gasteiger partial charge in [0.25, 0.3) is 5.91 Å². The third-order valence-electron chi connectivity index (χ3n) is 7.13. The third kappa shape index (κ3) is 7.41. The van der Waals surface area contributed by atoms with Crippen LogP contribution in [0.2, 0.25) is 0 Å². The van der Waals surface area contributed by atoms with E-state index in [0.29, 0.717) is 53.6 Å². The van der Waals surface area contributed by atoms with Crippen LogP contribution in [0.15, 0.2) is 54.7 Å². The molecule has 5 rings (SSSR count). The van der Waals surface area contributed by atoms with E-state index >= 15 is 0 Å². The second kappa shape index (κ2) is 13.4. The number of ether oxygens (including phenoxy) is 2. The van der Waals surface area contributed by atoms with E-state index in [2.05, 4.69) is 4.98 Å². The number of ketones is 1. The van der Waals surface area contributed by atoms with E-state index in [0.717, 1.165) is 5.56 Å². The maximum absolute atomic E-state index is 15.0. The molecule has 0 radical (unpaired) electrons. The van der Waals surface area contributed by atoms with E-state index in [9.17, 15) is 23.2 Å². The van der Waals surface area contributed by atoms with Crippen molar-refractivity contribution in [2.45, 2.75) is 26.7 Å². The molecule has 1 aliphatic heterocycles. The van der Waals surface area contributed by atoms with Crippen LogP contribution in [0.5, 0.6) is 11.5 Å². The molecule has 43 heavy (non-hydrogen) atoms. The molecule has 1 aliphatic rings. The molecule has 2 aromatic carbocycles. The number of carbonyl (C=O) groups is 3. The minimum Gasteiger partial charge on any atom is -0.465 e. The Kier molecular flexibility index (Phi) is 9.42. The minimum atomic E-state index is -0.606. The summed E-state index contributed by atoms with van der Waals surface area (Å²) in [5.74, 6) is -1.12. The van der Waals surface area contributed by atoms with Crippen molar-refractivity contribution in [2.75, 3.05) is 39.3 Å². The standard InChI is InChI=1S/C32H31F2N3O5S/c1-3-41-30(39)19-36-10-12-37(13-11-36)32(40)29-18-27-31(43-29)28(8-9-35-27)42-24-6-5-21(26(34)17-24)15-23(38)16-22-14-20(2)4-7-25(22)33/h4-9,14,17-18H,3,10-13,15-16,19H2,1-2H3. The Morgan fingerprint density at radius 2 is 1.70 bits per heavy atom. The molecule has 8 nitrogen and oxygen atoms in total. The topological polar surface area (TPSA) is 89.0 Å². The number of Topliss-reactive ketones (excluding diaryl/α,β-unsaturated/α-hetero) is 1. The normalized spacial score (nSPS) is 13.7. The van der Waals surface area contributed by atoms with E-state index in [4.69, 9.17) is 9.47 Å². The van der Waals surface area contributed by atoms with Crippen molar-refractivity contribution in [1.82, 2.24) is 14.8 Å². The van der Waals surface area contributed by atoms with Gasteiger partial charge in [0.15, 0.2) is 0 Å². The summed E-state index contributed by atoms with van der Waals surface area (Å²) in [5, 5.41) is 0. The Morgan fingerprint density at radius 1 is 0.930 bits per heavy atom. The summed E-state index contributed by atoms with van der Waals surface area (Å²) in [6.07, 6.45) is 1.26. The van der Waals surface area contributed by atoms with Crippen molar-refractivity contribution in [3.63, 3.8) is 0 Å². The number of hydrogen-bond acceptors (Lipinski definition) is 8. The largest absolute Gasteiger partial charge is 0.465 e. The molecule has 0 atom stereocenters. The monoisotopic (exact) mass is 607 g/mol. The number of esters is 1. The molecule has 224 valence electrons. The van der Waals surface area contributed by atoms with Crippen molar-refractivity contribution < 1.29 is 32.6 Å². The van der Waals surface area contributed by atoms with Gasteiger partial charge in [-0.25, -0.2) is 8.78 Å². The molecule has 0 N–H and O–H groups in total. The summed E-state index contributed by atoms with van der Waals surface area (Å²) in [6.45, 7) is 6.22. The zero-order valence-electron chi connectivity index (χ0n) is 23.9. The number of pyridine rings is 1. The fourth-order valence-electron chi connectivity index (χ4n) is 4.94. The molecule has 0 unspecified atom stereocenters. The molecular formula is C32H31F2N3O5S. The highest BCUT2D eigenvalue weighted by molar-refractivity contribution is 7.21. The van der Waals surface area contributed by atoms with Crippen molar-refractivity contribution in [1.29, 1.82) is 0 Å². The smallest absolute Gasteiger partial charge is 0.320 e. The quantitative estimate of drug-likeness (QED) is 0.225. The number of hydrogen-bond donors (Lipinski definition) is 0. The molecular weight excluding hydrogens is 576 g/mol. The summed E-state index contributed by atoms with van der Waals surface area (Å²) in [4.78, 5) is 46.1. The fourth-order valence-corrected chi connectivity index (χ4v) is 5.98. The van der Waals surface area contributed by atoms with Gasteiger partial charge in [0.2, 0.25) is 0 Å². The fraction of sp³-hybridized carbons (Fsp3) is 0.312. The van der Waals surface area contributed by atoms with Gasteiger partial charge in [0.1, 0.15) is 28.9 Å². The molecule has 0 aliphatic carbocycles. The summed E-state index contributed by atoms with van der Waals surface area (Å²) < 4.78 is 40.7. The van der Waals surface area contributed by atoms with E-state index in [1.165, 1.54) is 29.5 Å². The molecule has 1 amide bonds. The van der Waals surface area contributed by atoms with Crippen LogP contribution < -0.4 is 4.74 Å². The minimum absolute atomic E-state index is 0.122. The number of piperazine rings is 1. The number of rotatable bonds is 10. The van der Waals surface area contributed by atoms with Gasteiger partial charge in [-0.1, -0.05) is 23.8 Å². The molecule has 1 saturated heterocycles. The van der Waals surface area contributed by atoms with E-state index in [1.807, 2.05) is 11.8 Å². The second-order valence-electron chi connectivity index (χ2n) is 10.3. The van der Waals surface area contributed by atoms with Gasteiger partial charge in [0.05, 0.1) is 28.2 Å². The lowest BCUT2D eigenvalue weighted by molar-refractivity contribution is -0.144. The van der Waals surface area contributed by atoms with Crippen molar-refractivity contribution >= 4 is 39.2 Å². The Balaban J connectivity index is 1.23. The van der Waals surface area contributed by atoms with Crippen LogP contribution in [0, 0.1) is 18.6 Å². The maximum Gasteiger partial charge on any atom is 0.320 e. The van der Waals surface area contributed by atoms with Crippen molar-refractivity contribution in [3.05, 3.63) is 87.9 Å². The van der Waals surface area contributed by atoms with Crippen LogP contribution in [0.25, 0.3) is 10.2 Å². The summed E-state index contributed by atoms with van der Waals surface area (Å²) in [7, 11) is 0. The van der Waals surface area contributed by atoms with E-state index in [-0.39, 0.29) is 53.9 Å². The lowest BCUT2D eigenvalue weighted by atomic mass is 10.0. The number of thiophene rings is 1. The Labute approximate surface area is 251 Å². The number of benzene rings is 2. The number of aryl methyl sites for hydroxylation is 1. The van der Waals surface area contributed by atoms with E-state index < -0.39 is 11.6 Å². The SMILES string of the molecule is CCOC(=O)CN1CCN(C(=O)c2cc3nccc(Oc4ccc(CC(=O)Cc5cc(C)ccc5F)c(F)c4)c3s2)CC1. The number of carbonyl (C=O) groups excluding carboxylic acids is 3. The first-order chi connectivity index (χ1) is 20.7. The molecule has 3 heterocycles. The number of amides is 1. The highest BCUT2D eigenvalue weighted by Gasteiger charge is 2.25. The van der Waals surface area contributed by atoms with Crippen LogP contribution in [0.1, 0.15) is 33.3 Å². The summed E-state index contributed by atoms with van der Waals surface area (Å²) in [5.41, 5.74) is 1.90. The molecule has 0 saturated carbocycles. The van der Waals surface area contributed by atoms with Crippen LogP contribution in [-0.2, 0) is 27.2 Å². The van der Waals surface area contributed by atoms with Gasteiger partial charge in [-0.3, -0.25) is 24.3 Å². The van der Waals surface area contributed by atoms with Crippen molar-refractivity contribution in [3.8, 4) is 11.5 Å². The lowest BCUT2D eigenvalue weighted by Gasteiger charge is -2.33. The number of halogens is 2. The van der Waals surface area contributed by atoms with Gasteiger partial charge in [-0.2, -0.15) is 0 Å². The predicted octanol–water partition coefficient (Wildman–Crippen LogP) is 5.35. The molecule has 11 heteroatoms. The Hall–Kier alpha value is -4.22. The first kappa shape index (κ1) is 30.2. The summed E-state index contributed by atoms with van der Waals surface area (Å²) >= 11 is 1.25. The van der Waals surface area contributed by atoms with Crippen LogP contribution >= 0.6 is 11.3 Å². The number of nitrogens with zero attached hydrogens (tertiary/aromatic N) is 3. The second-order valence-corrected chi connectivity index (χ2v) is 11.4. The van der Waals surface area contributed by atoms with Crippen LogP contribution in [0.3, 0.4) is 0 Å². The van der Waals surface area contributed by atoms with Crippen LogP contribution in [0.4, 0.5) is 8.78 Å². The zero-order chi connectivity index (χ0) is 30.5. The predicted molar refractivity (Wildman–Crippen MR) is 159 cm³/mol. The van der Waals surface area contributed by atoms with Gasteiger partial charge in [-0.05, 0) is 43.2 Å². The van der Waals surface area contributed by atoms with Crippen molar-refractivity contribution in [2.24, 2.45) is 0 Å². The zero-order valence-corrected chi connectivity index (χ0v) is 24.7. The average Bonchev–Trinajstić information content (AvgIpc) is 3.42. The molecule has 4 aromatic rings. The summed E-state index contributed by atoms with van der Waals surface area (Å²) in [6, 6.07) is 12.2. The van der Waals surface area contributed by atoms with E-state index in [1.54, 1.807) is 48.4 Å². The first-order valence-electron chi connectivity index (χ1n) is 14.0. The number of fused-ring (bicyclic) bond motifs is 1. The first-order valence-corrected chi connectivity index (χ1v) is 14.8. The molecule has 1 fully saturated rings. The van der Waals surface area contributed by atoms with Gasteiger partial charge in [0, 0.05) is 57.4 Å². The molecule has 2 aromatic heterocycles. The maximum atomic E-state index is 15.0. The van der Waals surface area contributed by atoms with Gasteiger partial charge in [-0.15, -0.1) is 11.3 Å². The van der Waals surface area contributed by atoms with Crippen LogP contribution in [-0.4, -0.2) is 71.8 Å². The molecule has 0 spiro atoms. The highest BCUT2D eigenvalue weighted by Crippen LogP contribution is 2.36. The Morgan fingerprint density at radius 3 is 2.44 bits per heavy atom. The number of aromatic nitrogens is 1. The lowest BCUT2D eigenvalue weighted by Crippen LogP contribution is -2.49. The highest BCUT2D eigenvalue weighted by atomic mass is 32.1. The Bertz CT molecular complexity index is 1670. The molecule has 0 bridgehead atoms. The van der Waals surface area contributed by atoms with Gasteiger partial charge >= 0.3 is 5.97 Å².